The predicted molar refractivity (Wildman–Crippen MR) is 111 cm³/mol. The molecule has 0 unspecified atom stereocenters. The summed E-state index contributed by atoms with van der Waals surface area (Å²) in [7, 11) is 0. The molecule has 0 bridgehead atoms. The zero-order valence-corrected chi connectivity index (χ0v) is 16.9. The Morgan fingerprint density at radius 1 is 1.04 bits per heavy atom. The van der Waals surface area contributed by atoms with Crippen molar-refractivity contribution in [3.05, 3.63) is 48.5 Å². The Labute approximate surface area is 166 Å². The quantitative estimate of drug-likeness (QED) is 0.702. The lowest BCUT2D eigenvalue weighted by molar-refractivity contribution is -0.117. The van der Waals surface area contributed by atoms with Gasteiger partial charge in [-0.25, -0.2) is 0 Å². The normalized spacial score (nSPS) is 10.5. The molecule has 0 aliphatic heterocycles. The van der Waals surface area contributed by atoms with E-state index >= 15 is 0 Å². The number of para-hydroxylation sites is 4. The summed E-state index contributed by atoms with van der Waals surface area (Å²) in [6.07, 6.45) is 0.129. The molecule has 0 aliphatic rings. The van der Waals surface area contributed by atoms with Crippen molar-refractivity contribution in [3.8, 4) is 11.5 Å². The molecule has 2 amide bonds. The number of carbonyl (C=O) groups is 2. The van der Waals surface area contributed by atoms with Crippen molar-refractivity contribution in [2.45, 2.75) is 40.2 Å². The van der Waals surface area contributed by atoms with Crippen molar-refractivity contribution < 1.29 is 19.1 Å². The molecule has 0 saturated heterocycles. The summed E-state index contributed by atoms with van der Waals surface area (Å²) in [5, 5.41) is 2.85. The van der Waals surface area contributed by atoms with Crippen LogP contribution in [0.15, 0.2) is 48.5 Å². The zero-order valence-electron chi connectivity index (χ0n) is 16.9. The van der Waals surface area contributed by atoms with Gasteiger partial charge in [-0.2, -0.15) is 0 Å². The minimum Gasteiger partial charge on any atom is -0.492 e. The third-order valence-corrected chi connectivity index (χ3v) is 3.92. The number of ether oxygens (including phenoxy) is 2. The van der Waals surface area contributed by atoms with Gasteiger partial charge in [0.1, 0.15) is 11.5 Å². The highest BCUT2D eigenvalue weighted by Crippen LogP contribution is 2.29. The summed E-state index contributed by atoms with van der Waals surface area (Å²) < 4.78 is 11.3. The van der Waals surface area contributed by atoms with E-state index in [-0.39, 0.29) is 30.9 Å². The lowest BCUT2D eigenvalue weighted by atomic mass is 10.2. The highest BCUT2D eigenvalue weighted by Gasteiger charge is 2.18. The fraction of sp³-hybridized carbons (Fsp3) is 0.364. The first-order valence-electron chi connectivity index (χ1n) is 9.47. The summed E-state index contributed by atoms with van der Waals surface area (Å²) in [5.41, 5.74) is 1.28. The fourth-order valence-electron chi connectivity index (χ4n) is 2.76. The monoisotopic (exact) mass is 384 g/mol. The highest BCUT2D eigenvalue weighted by molar-refractivity contribution is 5.96. The average molecular weight is 384 g/mol. The number of hydrogen-bond donors (Lipinski definition) is 1. The molecule has 0 saturated carbocycles. The number of nitrogens with zero attached hydrogens (tertiary/aromatic N) is 1. The Balaban J connectivity index is 2.08. The second kappa shape index (κ2) is 10.3. The van der Waals surface area contributed by atoms with Crippen LogP contribution in [0.4, 0.5) is 11.4 Å². The van der Waals surface area contributed by atoms with Crippen LogP contribution >= 0.6 is 0 Å². The second-order valence-corrected chi connectivity index (χ2v) is 6.53. The molecule has 0 spiro atoms. The van der Waals surface area contributed by atoms with Gasteiger partial charge in [0.2, 0.25) is 11.8 Å². The molecule has 6 nitrogen and oxygen atoms in total. The Bertz CT molecular complexity index is 805. The molecule has 1 N–H and O–H groups in total. The fourth-order valence-corrected chi connectivity index (χ4v) is 2.76. The van der Waals surface area contributed by atoms with Crippen LogP contribution in [0.25, 0.3) is 0 Å². The number of anilines is 2. The van der Waals surface area contributed by atoms with E-state index in [2.05, 4.69) is 5.32 Å². The van der Waals surface area contributed by atoms with Crippen LogP contribution in [-0.2, 0) is 9.59 Å². The number of amides is 2. The molecule has 2 aromatic rings. The maximum absolute atomic E-state index is 12.5. The molecule has 0 fully saturated rings. The van der Waals surface area contributed by atoms with Gasteiger partial charge in [0.15, 0.2) is 0 Å². The highest BCUT2D eigenvalue weighted by atomic mass is 16.5. The van der Waals surface area contributed by atoms with Crippen molar-refractivity contribution in [3.63, 3.8) is 0 Å². The number of hydrogen-bond acceptors (Lipinski definition) is 4. The maximum Gasteiger partial charge on any atom is 0.226 e. The van der Waals surface area contributed by atoms with E-state index in [0.717, 1.165) is 0 Å². The van der Waals surface area contributed by atoms with Crippen LogP contribution in [0.2, 0.25) is 0 Å². The van der Waals surface area contributed by atoms with Crippen molar-refractivity contribution in [1.29, 1.82) is 0 Å². The first kappa shape index (κ1) is 21.3. The van der Waals surface area contributed by atoms with Crippen LogP contribution < -0.4 is 19.7 Å². The number of benzene rings is 2. The van der Waals surface area contributed by atoms with E-state index < -0.39 is 0 Å². The molecule has 0 aliphatic carbocycles. The Morgan fingerprint density at radius 3 is 2.32 bits per heavy atom. The average Bonchev–Trinajstić information content (AvgIpc) is 2.64. The van der Waals surface area contributed by atoms with Crippen LogP contribution in [0.3, 0.4) is 0 Å². The van der Waals surface area contributed by atoms with E-state index in [4.69, 9.17) is 9.47 Å². The van der Waals surface area contributed by atoms with Gasteiger partial charge < -0.3 is 19.7 Å². The van der Waals surface area contributed by atoms with E-state index in [1.54, 1.807) is 17.0 Å². The number of nitrogens with one attached hydrogen (secondary N) is 1. The number of carbonyl (C=O) groups excluding carboxylic acids is 2. The topological polar surface area (TPSA) is 67.9 Å². The Hall–Kier alpha value is -3.02. The molecule has 0 radical (unpaired) electrons. The predicted octanol–water partition coefficient (Wildman–Crippen LogP) is 4.25. The van der Waals surface area contributed by atoms with E-state index in [1.807, 2.05) is 57.2 Å². The maximum atomic E-state index is 12.5. The molecular weight excluding hydrogens is 356 g/mol. The summed E-state index contributed by atoms with van der Waals surface area (Å²) in [6.45, 7) is 7.98. The summed E-state index contributed by atoms with van der Waals surface area (Å²) in [6, 6.07) is 14.6. The molecule has 2 rings (SSSR count). The van der Waals surface area contributed by atoms with E-state index in [1.165, 1.54) is 6.92 Å². The SMILES string of the molecule is CCOc1ccccc1NC(=O)CCN(C(C)=O)c1ccccc1OC(C)C. The Kier molecular flexibility index (Phi) is 7.87. The Morgan fingerprint density at radius 2 is 1.68 bits per heavy atom. The standard InChI is InChI=1S/C22H28N2O4/c1-5-27-20-12-8-6-10-18(20)23-22(26)14-15-24(17(4)25)19-11-7-9-13-21(19)28-16(2)3/h6-13,16H,5,14-15H2,1-4H3,(H,23,26). The molecule has 0 heterocycles. The van der Waals surface area contributed by atoms with Crippen molar-refractivity contribution in [2.24, 2.45) is 0 Å². The zero-order chi connectivity index (χ0) is 20.5. The van der Waals surface area contributed by atoms with Crippen LogP contribution in [0.5, 0.6) is 11.5 Å². The third-order valence-electron chi connectivity index (χ3n) is 3.92. The van der Waals surface area contributed by atoms with Gasteiger partial charge in [-0.15, -0.1) is 0 Å². The smallest absolute Gasteiger partial charge is 0.226 e. The molecule has 0 atom stereocenters. The van der Waals surface area contributed by atoms with Crippen molar-refractivity contribution in [2.75, 3.05) is 23.4 Å². The van der Waals surface area contributed by atoms with E-state index in [0.29, 0.717) is 29.5 Å². The first-order chi connectivity index (χ1) is 13.4. The van der Waals surface area contributed by atoms with E-state index in [9.17, 15) is 9.59 Å². The van der Waals surface area contributed by atoms with Crippen molar-refractivity contribution in [1.82, 2.24) is 0 Å². The first-order valence-corrected chi connectivity index (χ1v) is 9.47. The molecule has 2 aromatic carbocycles. The molecule has 6 heteroatoms. The van der Waals surface area contributed by atoms with Crippen molar-refractivity contribution >= 4 is 23.2 Å². The van der Waals surface area contributed by atoms with Gasteiger partial charge in [-0.3, -0.25) is 9.59 Å². The van der Waals surface area contributed by atoms with Gasteiger partial charge >= 0.3 is 0 Å². The van der Waals surface area contributed by atoms with Crippen LogP contribution in [0, 0.1) is 0 Å². The van der Waals surface area contributed by atoms with Gasteiger partial charge in [0, 0.05) is 19.9 Å². The van der Waals surface area contributed by atoms with Gasteiger partial charge in [-0.1, -0.05) is 24.3 Å². The largest absolute Gasteiger partial charge is 0.492 e. The molecule has 150 valence electrons. The minimum absolute atomic E-state index is 0.0201. The van der Waals surface area contributed by atoms with Crippen LogP contribution in [-0.4, -0.2) is 31.1 Å². The summed E-state index contributed by atoms with van der Waals surface area (Å²) in [4.78, 5) is 26.2. The minimum atomic E-state index is -0.194. The molecular formula is C22H28N2O4. The lowest BCUT2D eigenvalue weighted by Crippen LogP contribution is -2.32. The lowest BCUT2D eigenvalue weighted by Gasteiger charge is -2.24. The molecule has 28 heavy (non-hydrogen) atoms. The third kappa shape index (κ3) is 6.01. The molecule has 0 aromatic heterocycles. The second-order valence-electron chi connectivity index (χ2n) is 6.53. The van der Waals surface area contributed by atoms with Gasteiger partial charge in [0.25, 0.3) is 0 Å². The summed E-state index contributed by atoms with van der Waals surface area (Å²) >= 11 is 0. The summed E-state index contributed by atoms with van der Waals surface area (Å²) in [5.74, 6) is 0.898. The van der Waals surface area contributed by atoms with Gasteiger partial charge in [0.05, 0.1) is 24.1 Å². The van der Waals surface area contributed by atoms with Crippen LogP contribution in [0.1, 0.15) is 34.1 Å². The number of rotatable bonds is 9. The van der Waals surface area contributed by atoms with Gasteiger partial charge in [-0.05, 0) is 45.0 Å².